The van der Waals surface area contributed by atoms with Gasteiger partial charge in [-0.05, 0) is 104 Å². The van der Waals surface area contributed by atoms with Gasteiger partial charge in [0.05, 0.1) is 18.3 Å². The van der Waals surface area contributed by atoms with Gasteiger partial charge in [-0.1, -0.05) is 27.7 Å². The predicted octanol–water partition coefficient (Wildman–Crippen LogP) is 3.89. The zero-order valence-corrected chi connectivity index (χ0v) is 20.7. The fraction of sp³-hybridized carbons (Fsp3) is 0.963. The number of hydrogen-bond acceptors (Lipinski definition) is 4. The molecule has 6 unspecified atom stereocenters. The number of aliphatic hydroxyl groups excluding tert-OH is 3. The minimum absolute atomic E-state index is 0.00427. The monoisotopic (exact) mass is 449 g/mol. The summed E-state index contributed by atoms with van der Waals surface area (Å²) in [5.74, 6) is 2.28. The van der Waals surface area contributed by atoms with Crippen molar-refractivity contribution in [1.82, 2.24) is 5.32 Å². The molecule has 0 aromatic heterocycles. The minimum Gasteiger partial charge on any atom is -0.393 e. The third-order valence-electron chi connectivity index (χ3n) is 10.9. The Morgan fingerprint density at radius 2 is 1.66 bits per heavy atom. The molecule has 0 spiro atoms. The Kier molecular flexibility index (Phi) is 7.03. The lowest BCUT2D eigenvalue weighted by Crippen LogP contribution is -2.64. The summed E-state index contributed by atoms with van der Waals surface area (Å²) in [6.45, 7) is 9.94. The number of amides is 1. The molecule has 32 heavy (non-hydrogen) atoms. The smallest absolute Gasteiger partial charge is 0.220 e. The Morgan fingerprint density at radius 3 is 2.38 bits per heavy atom. The molecule has 4 fully saturated rings. The van der Waals surface area contributed by atoms with Crippen LogP contribution in [0, 0.1) is 46.3 Å². The molecule has 4 aliphatic rings. The van der Waals surface area contributed by atoms with Crippen molar-refractivity contribution in [3.63, 3.8) is 0 Å². The van der Waals surface area contributed by atoms with Crippen LogP contribution in [0.1, 0.15) is 91.9 Å². The van der Waals surface area contributed by atoms with E-state index in [0.29, 0.717) is 36.5 Å². The van der Waals surface area contributed by atoms with Gasteiger partial charge < -0.3 is 20.6 Å². The van der Waals surface area contributed by atoms with E-state index in [1.165, 1.54) is 12.8 Å². The fourth-order valence-electron chi connectivity index (χ4n) is 9.13. The first-order valence-corrected chi connectivity index (χ1v) is 13.4. The molecule has 0 aromatic carbocycles. The Balaban J connectivity index is 1.49. The molecule has 0 radical (unpaired) electrons. The number of fused-ring (bicyclic) bond motifs is 5. The summed E-state index contributed by atoms with van der Waals surface area (Å²) in [5, 5.41) is 35.8. The summed E-state index contributed by atoms with van der Waals surface area (Å²) in [4.78, 5) is 12.2. The number of hydrogen-bond donors (Lipinski definition) is 4. The standard InChI is InChI=1S/C27H47NO4/c1-5-14-28-22(30)9-6-16(2)18-7-8-19-23-20(11-13-26(18,19)3)27(4)12-10-17(29)15-21(27)24(31)25(23)32/h16-21,23-25,29,31-32H,5-15H2,1-4H3,(H,28,30)/t16?,17-,18?,19?,20?,21+,23?,24+,25?,26-,27-/m1/s1. The van der Waals surface area contributed by atoms with Crippen LogP contribution >= 0.6 is 0 Å². The first kappa shape index (κ1) is 24.5. The van der Waals surface area contributed by atoms with Crippen LogP contribution in [0.5, 0.6) is 0 Å². The lowest BCUT2D eigenvalue weighted by molar-refractivity contribution is -0.223. The molecule has 4 N–H and O–H groups in total. The van der Waals surface area contributed by atoms with Crippen molar-refractivity contribution in [3.8, 4) is 0 Å². The summed E-state index contributed by atoms with van der Waals surface area (Å²) in [6, 6.07) is 0. The first-order valence-electron chi connectivity index (χ1n) is 13.4. The van der Waals surface area contributed by atoms with Crippen molar-refractivity contribution in [3.05, 3.63) is 0 Å². The van der Waals surface area contributed by atoms with Crippen LogP contribution in [0.25, 0.3) is 0 Å². The molecule has 0 bridgehead atoms. The highest BCUT2D eigenvalue weighted by atomic mass is 16.3. The van der Waals surface area contributed by atoms with E-state index in [2.05, 4.69) is 33.0 Å². The van der Waals surface area contributed by atoms with Crippen molar-refractivity contribution in [1.29, 1.82) is 0 Å². The van der Waals surface area contributed by atoms with Crippen LogP contribution in [0.15, 0.2) is 0 Å². The van der Waals surface area contributed by atoms with Crippen LogP contribution in [-0.4, -0.2) is 46.1 Å². The van der Waals surface area contributed by atoms with Gasteiger partial charge in [-0.25, -0.2) is 0 Å². The average molecular weight is 450 g/mol. The number of nitrogens with one attached hydrogen (secondary N) is 1. The summed E-state index contributed by atoms with van der Waals surface area (Å²) < 4.78 is 0. The molecule has 184 valence electrons. The van der Waals surface area contributed by atoms with Crippen LogP contribution in [0.3, 0.4) is 0 Å². The van der Waals surface area contributed by atoms with E-state index in [4.69, 9.17) is 0 Å². The number of carbonyl (C=O) groups is 1. The quantitative estimate of drug-likeness (QED) is 0.495. The van der Waals surface area contributed by atoms with Gasteiger partial charge >= 0.3 is 0 Å². The molecule has 0 heterocycles. The zero-order chi connectivity index (χ0) is 23.3. The van der Waals surface area contributed by atoms with Crippen LogP contribution in [0.4, 0.5) is 0 Å². The molecule has 4 saturated carbocycles. The molecule has 5 nitrogen and oxygen atoms in total. The van der Waals surface area contributed by atoms with Crippen molar-refractivity contribution in [2.75, 3.05) is 6.54 Å². The maximum Gasteiger partial charge on any atom is 0.220 e. The normalized spacial score (nSPS) is 49.0. The highest BCUT2D eigenvalue weighted by Crippen LogP contribution is 2.68. The van der Waals surface area contributed by atoms with Gasteiger partial charge in [-0.15, -0.1) is 0 Å². The van der Waals surface area contributed by atoms with Crippen LogP contribution in [-0.2, 0) is 4.79 Å². The lowest BCUT2D eigenvalue weighted by Gasteiger charge is -2.63. The van der Waals surface area contributed by atoms with Crippen LogP contribution in [0.2, 0.25) is 0 Å². The second-order valence-electron chi connectivity index (χ2n) is 12.4. The number of aliphatic hydroxyl groups is 3. The Morgan fingerprint density at radius 1 is 0.969 bits per heavy atom. The third kappa shape index (κ3) is 3.94. The number of carbonyl (C=O) groups excluding carboxylic acids is 1. The first-order chi connectivity index (χ1) is 15.1. The summed E-state index contributed by atoms with van der Waals surface area (Å²) >= 11 is 0. The molecule has 4 aliphatic carbocycles. The van der Waals surface area contributed by atoms with E-state index >= 15 is 0 Å². The Hall–Kier alpha value is -0.650. The maximum absolute atomic E-state index is 12.2. The van der Waals surface area contributed by atoms with E-state index in [1.54, 1.807) is 0 Å². The second kappa shape index (κ2) is 9.19. The van der Waals surface area contributed by atoms with Crippen molar-refractivity contribution < 1.29 is 20.1 Å². The second-order valence-corrected chi connectivity index (χ2v) is 12.4. The van der Waals surface area contributed by atoms with Crippen molar-refractivity contribution in [2.45, 2.75) is 110 Å². The van der Waals surface area contributed by atoms with Gasteiger partial charge in [0.1, 0.15) is 0 Å². The van der Waals surface area contributed by atoms with E-state index in [0.717, 1.165) is 45.1 Å². The van der Waals surface area contributed by atoms with Crippen molar-refractivity contribution in [2.24, 2.45) is 46.3 Å². The topological polar surface area (TPSA) is 89.8 Å². The number of rotatable bonds is 6. The summed E-state index contributed by atoms with van der Waals surface area (Å²) in [6.07, 6.45) is 7.76. The zero-order valence-electron chi connectivity index (χ0n) is 20.7. The van der Waals surface area contributed by atoms with Gasteiger partial charge in [0.25, 0.3) is 0 Å². The predicted molar refractivity (Wildman–Crippen MR) is 126 cm³/mol. The SMILES string of the molecule is CCCNC(=O)CCC(C)C1CCC2C3C(O)[C@@H](O)[C@@H]4C[C@H](O)CC[C@]4(C)C3CC[C@]12C. The Labute approximate surface area is 194 Å². The molecule has 0 saturated heterocycles. The van der Waals surface area contributed by atoms with E-state index in [9.17, 15) is 20.1 Å². The van der Waals surface area contributed by atoms with E-state index < -0.39 is 12.2 Å². The molecule has 5 heteroatoms. The van der Waals surface area contributed by atoms with Gasteiger partial charge in [-0.2, -0.15) is 0 Å². The van der Waals surface area contributed by atoms with Gasteiger partial charge in [0, 0.05) is 13.0 Å². The molecular weight excluding hydrogens is 402 g/mol. The third-order valence-corrected chi connectivity index (χ3v) is 10.9. The molecule has 0 aliphatic heterocycles. The fourth-order valence-corrected chi connectivity index (χ4v) is 9.13. The lowest BCUT2D eigenvalue weighted by atomic mass is 9.43. The highest BCUT2D eigenvalue weighted by Gasteiger charge is 2.65. The molecular formula is C27H47NO4. The molecule has 4 rings (SSSR count). The molecule has 1 amide bonds. The largest absolute Gasteiger partial charge is 0.393 e. The highest BCUT2D eigenvalue weighted by molar-refractivity contribution is 5.75. The van der Waals surface area contributed by atoms with E-state index in [-0.39, 0.29) is 34.7 Å². The minimum atomic E-state index is -0.725. The molecule has 11 atom stereocenters. The average Bonchev–Trinajstić information content (AvgIpc) is 3.12. The molecule has 0 aromatic rings. The van der Waals surface area contributed by atoms with Crippen LogP contribution < -0.4 is 5.32 Å². The van der Waals surface area contributed by atoms with Gasteiger partial charge in [0.15, 0.2) is 0 Å². The summed E-state index contributed by atoms with van der Waals surface area (Å²) in [7, 11) is 0. The summed E-state index contributed by atoms with van der Waals surface area (Å²) in [5.41, 5.74) is 0.198. The maximum atomic E-state index is 12.2. The van der Waals surface area contributed by atoms with Crippen molar-refractivity contribution >= 4 is 5.91 Å². The van der Waals surface area contributed by atoms with Gasteiger partial charge in [-0.3, -0.25) is 4.79 Å². The van der Waals surface area contributed by atoms with E-state index in [1.807, 2.05) is 0 Å². The van der Waals surface area contributed by atoms with Gasteiger partial charge in [0.2, 0.25) is 5.91 Å². The Bertz CT molecular complexity index is 685.